The van der Waals surface area contributed by atoms with Crippen molar-refractivity contribution in [2.45, 2.75) is 32.4 Å². The van der Waals surface area contributed by atoms with E-state index in [9.17, 15) is 19.5 Å². The second-order valence-corrected chi connectivity index (χ2v) is 6.18. The molecule has 0 aliphatic carbocycles. The van der Waals surface area contributed by atoms with Crippen LogP contribution in [0, 0.1) is 0 Å². The van der Waals surface area contributed by atoms with E-state index in [4.69, 9.17) is 9.47 Å². The monoisotopic (exact) mass is 350 g/mol. The zero-order valence-corrected chi connectivity index (χ0v) is 14.4. The Morgan fingerprint density at radius 2 is 1.92 bits per heavy atom. The Balaban J connectivity index is 1.86. The van der Waals surface area contributed by atoms with Crippen LogP contribution in [-0.2, 0) is 9.53 Å². The Hall–Kier alpha value is -2.61. The molecule has 2 N–H and O–H groups in total. The van der Waals surface area contributed by atoms with Crippen LogP contribution < -0.4 is 10.1 Å². The van der Waals surface area contributed by atoms with Crippen molar-refractivity contribution in [3.05, 3.63) is 29.8 Å². The Morgan fingerprint density at radius 3 is 2.44 bits per heavy atom. The summed E-state index contributed by atoms with van der Waals surface area (Å²) in [6.07, 6.45) is -1.03. The number of carbonyl (C=O) groups is 3. The lowest BCUT2D eigenvalue weighted by Crippen LogP contribution is -2.42. The van der Waals surface area contributed by atoms with Gasteiger partial charge in [0.05, 0.1) is 18.7 Å². The normalized spacial score (nSPS) is 17.2. The second-order valence-electron chi connectivity index (χ2n) is 6.18. The number of aliphatic hydroxyl groups excluding tert-OH is 1. The number of esters is 1. The number of β-amino-alcohol motifs (C(OH)–C–C–N with tert-alkyl or cyclic N) is 1. The molecule has 1 aromatic rings. The Bertz CT molecular complexity index is 656. The molecule has 3 amide bonds. The predicted octanol–water partition coefficient (Wildman–Crippen LogP) is 0.933. The van der Waals surface area contributed by atoms with Crippen LogP contribution in [0.4, 0.5) is 4.79 Å². The van der Waals surface area contributed by atoms with Crippen LogP contribution in [0.5, 0.6) is 5.75 Å². The zero-order chi connectivity index (χ0) is 18.6. The highest BCUT2D eigenvalue weighted by Crippen LogP contribution is 2.17. The molecule has 1 aromatic carbocycles. The maximum atomic E-state index is 12.0. The van der Waals surface area contributed by atoms with Gasteiger partial charge in [-0.25, -0.2) is 9.59 Å². The molecule has 0 aromatic heterocycles. The van der Waals surface area contributed by atoms with Crippen LogP contribution in [-0.4, -0.2) is 59.3 Å². The average molecular weight is 350 g/mol. The summed E-state index contributed by atoms with van der Waals surface area (Å²) in [6.45, 7) is 4.96. The molecule has 25 heavy (non-hydrogen) atoms. The van der Waals surface area contributed by atoms with Crippen molar-refractivity contribution in [2.24, 2.45) is 0 Å². The summed E-state index contributed by atoms with van der Waals surface area (Å²) < 4.78 is 10.3. The minimum absolute atomic E-state index is 0.101. The molecule has 8 nitrogen and oxygen atoms in total. The number of rotatable bonds is 7. The molecule has 2 rings (SSSR count). The number of nitrogens with zero attached hydrogens (tertiary/aromatic N) is 1. The van der Waals surface area contributed by atoms with Crippen molar-refractivity contribution in [3.63, 3.8) is 0 Å². The number of imide groups is 1. The number of amides is 3. The molecule has 1 aliphatic heterocycles. The Kier molecular flexibility index (Phi) is 5.63. The maximum Gasteiger partial charge on any atom is 0.338 e. The predicted molar refractivity (Wildman–Crippen MR) is 88.2 cm³/mol. The minimum atomic E-state index is -1.03. The molecule has 1 saturated heterocycles. The van der Waals surface area contributed by atoms with Crippen molar-refractivity contribution >= 4 is 17.9 Å². The zero-order valence-electron chi connectivity index (χ0n) is 14.4. The molecule has 0 unspecified atom stereocenters. The van der Waals surface area contributed by atoms with Gasteiger partial charge in [-0.15, -0.1) is 0 Å². The van der Waals surface area contributed by atoms with Gasteiger partial charge in [-0.2, -0.15) is 0 Å². The molecule has 1 heterocycles. The summed E-state index contributed by atoms with van der Waals surface area (Å²) in [4.78, 5) is 36.3. The van der Waals surface area contributed by atoms with Gasteiger partial charge < -0.3 is 19.9 Å². The van der Waals surface area contributed by atoms with Crippen molar-refractivity contribution in [1.82, 2.24) is 10.2 Å². The van der Waals surface area contributed by atoms with E-state index in [0.717, 1.165) is 4.90 Å². The quantitative estimate of drug-likeness (QED) is 0.560. The Morgan fingerprint density at radius 1 is 1.28 bits per heavy atom. The summed E-state index contributed by atoms with van der Waals surface area (Å²) in [5, 5.41) is 12.6. The minimum Gasteiger partial charge on any atom is -0.491 e. The van der Waals surface area contributed by atoms with E-state index in [2.05, 4.69) is 5.32 Å². The van der Waals surface area contributed by atoms with Crippen LogP contribution in [0.1, 0.15) is 31.1 Å². The molecule has 8 heteroatoms. The maximum absolute atomic E-state index is 12.0. The third-order valence-corrected chi connectivity index (χ3v) is 3.65. The standard InChI is InChI=1S/C17H22N2O6/c1-4-24-14(21)11-5-7-13(8-6-11)25-10-12(20)9-19-15(22)17(2,3)18-16(19)23/h5-8,12,20H,4,9-10H2,1-3H3,(H,18,23)/t12-/m0/s1. The fourth-order valence-electron chi connectivity index (χ4n) is 2.34. The first-order valence-electron chi connectivity index (χ1n) is 7.96. The first-order chi connectivity index (χ1) is 11.7. The molecule has 0 saturated carbocycles. The van der Waals surface area contributed by atoms with Crippen molar-refractivity contribution < 1.29 is 29.0 Å². The highest BCUT2D eigenvalue weighted by molar-refractivity contribution is 6.06. The first-order valence-corrected chi connectivity index (χ1v) is 7.96. The SMILES string of the molecule is CCOC(=O)c1ccc(OC[C@@H](O)CN2C(=O)NC(C)(C)C2=O)cc1. The van der Waals surface area contributed by atoms with Gasteiger partial charge in [0.2, 0.25) is 0 Å². The lowest BCUT2D eigenvalue weighted by molar-refractivity contribution is -0.131. The summed E-state index contributed by atoms with van der Waals surface area (Å²) in [7, 11) is 0. The van der Waals surface area contributed by atoms with E-state index in [1.165, 1.54) is 0 Å². The fraction of sp³-hybridized carbons (Fsp3) is 0.471. The summed E-state index contributed by atoms with van der Waals surface area (Å²) in [5.74, 6) is -0.366. The molecular weight excluding hydrogens is 328 g/mol. The molecule has 0 spiro atoms. The van der Waals surface area contributed by atoms with Gasteiger partial charge in [0.1, 0.15) is 24.0 Å². The Labute approximate surface area is 145 Å². The average Bonchev–Trinajstić information content (AvgIpc) is 2.75. The number of nitrogens with one attached hydrogen (secondary N) is 1. The molecule has 1 atom stereocenters. The van der Waals surface area contributed by atoms with Gasteiger partial charge >= 0.3 is 12.0 Å². The van der Waals surface area contributed by atoms with Crippen LogP contribution in [0.25, 0.3) is 0 Å². The number of hydrogen-bond acceptors (Lipinski definition) is 6. The van der Waals surface area contributed by atoms with E-state index < -0.39 is 29.6 Å². The van der Waals surface area contributed by atoms with Crippen molar-refractivity contribution in [1.29, 1.82) is 0 Å². The lowest BCUT2D eigenvalue weighted by atomic mass is 10.1. The van der Waals surface area contributed by atoms with E-state index in [-0.39, 0.29) is 13.2 Å². The van der Waals surface area contributed by atoms with Crippen LogP contribution >= 0.6 is 0 Å². The van der Waals surface area contributed by atoms with Crippen molar-refractivity contribution in [3.8, 4) is 5.75 Å². The van der Waals surface area contributed by atoms with Crippen LogP contribution in [0.15, 0.2) is 24.3 Å². The molecule has 1 fully saturated rings. The fourth-order valence-corrected chi connectivity index (χ4v) is 2.34. The third-order valence-electron chi connectivity index (χ3n) is 3.65. The smallest absolute Gasteiger partial charge is 0.338 e. The summed E-state index contributed by atoms with van der Waals surface area (Å²) in [5.41, 5.74) is -0.572. The van der Waals surface area contributed by atoms with Gasteiger partial charge in [0.25, 0.3) is 5.91 Å². The summed E-state index contributed by atoms with van der Waals surface area (Å²) >= 11 is 0. The number of ether oxygens (including phenoxy) is 2. The highest BCUT2D eigenvalue weighted by Gasteiger charge is 2.44. The largest absolute Gasteiger partial charge is 0.491 e. The number of carbonyl (C=O) groups excluding carboxylic acids is 3. The molecule has 0 radical (unpaired) electrons. The van der Waals surface area contributed by atoms with Gasteiger partial charge in [-0.05, 0) is 45.0 Å². The molecule has 0 bridgehead atoms. The molecule has 136 valence electrons. The van der Waals surface area contributed by atoms with Gasteiger partial charge in [-0.3, -0.25) is 9.69 Å². The third kappa shape index (κ3) is 4.48. The molecular formula is C17H22N2O6. The first kappa shape index (κ1) is 18.7. The number of hydrogen-bond donors (Lipinski definition) is 2. The van der Waals surface area contributed by atoms with Gasteiger partial charge in [0, 0.05) is 0 Å². The van der Waals surface area contributed by atoms with Gasteiger partial charge in [0.15, 0.2) is 0 Å². The van der Waals surface area contributed by atoms with E-state index >= 15 is 0 Å². The highest BCUT2D eigenvalue weighted by atomic mass is 16.5. The van der Waals surface area contributed by atoms with E-state index in [0.29, 0.717) is 17.9 Å². The van der Waals surface area contributed by atoms with E-state index in [1.807, 2.05) is 0 Å². The van der Waals surface area contributed by atoms with Crippen LogP contribution in [0.3, 0.4) is 0 Å². The van der Waals surface area contributed by atoms with E-state index in [1.54, 1.807) is 45.0 Å². The van der Waals surface area contributed by atoms with Gasteiger partial charge in [-0.1, -0.05) is 0 Å². The second kappa shape index (κ2) is 7.52. The summed E-state index contributed by atoms with van der Waals surface area (Å²) in [6, 6.07) is 5.73. The molecule has 1 aliphatic rings. The number of benzene rings is 1. The van der Waals surface area contributed by atoms with Crippen molar-refractivity contribution in [2.75, 3.05) is 19.8 Å². The topological polar surface area (TPSA) is 105 Å². The lowest BCUT2D eigenvalue weighted by Gasteiger charge is -2.19. The number of aliphatic hydroxyl groups is 1. The van der Waals surface area contributed by atoms with Crippen LogP contribution in [0.2, 0.25) is 0 Å². The number of urea groups is 1.